The molecule has 1 fully saturated rings. The SMILES string of the molecule is CC(C(=O)[O-])N1C(=O)C(=Cc2ccc(F)cc2)SC1=S. The molecular formula is C13H9FNO3S2-. The van der Waals surface area contributed by atoms with E-state index < -0.39 is 17.9 Å². The Morgan fingerprint density at radius 2 is 2.05 bits per heavy atom. The largest absolute Gasteiger partial charge is 0.548 e. The number of carbonyl (C=O) groups excluding carboxylic acids is 2. The lowest BCUT2D eigenvalue weighted by atomic mass is 10.2. The molecule has 1 aromatic rings. The number of rotatable bonds is 3. The highest BCUT2D eigenvalue weighted by Crippen LogP contribution is 2.33. The van der Waals surface area contributed by atoms with Gasteiger partial charge in [-0.15, -0.1) is 0 Å². The molecule has 0 spiro atoms. The molecule has 0 saturated carbocycles. The summed E-state index contributed by atoms with van der Waals surface area (Å²) in [6.45, 7) is 1.33. The van der Waals surface area contributed by atoms with Crippen LogP contribution in [0.5, 0.6) is 0 Å². The molecule has 1 aliphatic heterocycles. The number of halogens is 1. The molecule has 1 unspecified atom stereocenters. The summed E-state index contributed by atoms with van der Waals surface area (Å²) in [5, 5.41) is 10.8. The fourth-order valence-electron chi connectivity index (χ4n) is 1.63. The number of carbonyl (C=O) groups is 2. The fraction of sp³-hybridized carbons (Fsp3) is 0.154. The summed E-state index contributed by atoms with van der Waals surface area (Å²) in [4.78, 5) is 24.3. The smallest absolute Gasteiger partial charge is 0.266 e. The van der Waals surface area contributed by atoms with Crippen molar-refractivity contribution < 1.29 is 19.1 Å². The van der Waals surface area contributed by atoms with Crippen LogP contribution >= 0.6 is 24.0 Å². The fourth-order valence-corrected chi connectivity index (χ4v) is 3.05. The van der Waals surface area contributed by atoms with Crippen LogP contribution in [0.2, 0.25) is 0 Å². The number of carboxylic acids is 1. The van der Waals surface area contributed by atoms with Gasteiger partial charge in [0.2, 0.25) is 0 Å². The predicted molar refractivity (Wildman–Crippen MR) is 75.9 cm³/mol. The first kappa shape index (κ1) is 14.7. The Bertz CT molecular complexity index is 613. The number of amides is 1. The van der Waals surface area contributed by atoms with E-state index in [-0.39, 0.29) is 10.1 Å². The van der Waals surface area contributed by atoms with Gasteiger partial charge >= 0.3 is 0 Å². The molecule has 2 rings (SSSR count). The van der Waals surface area contributed by atoms with Crippen molar-refractivity contribution in [3.63, 3.8) is 0 Å². The Morgan fingerprint density at radius 3 is 2.60 bits per heavy atom. The van der Waals surface area contributed by atoms with Crippen molar-refractivity contribution in [3.8, 4) is 0 Å². The van der Waals surface area contributed by atoms with Gasteiger partial charge in [0.1, 0.15) is 10.1 Å². The van der Waals surface area contributed by atoms with E-state index in [1.165, 1.54) is 31.2 Å². The molecule has 1 heterocycles. The van der Waals surface area contributed by atoms with Gasteiger partial charge in [-0.05, 0) is 30.7 Å². The first-order valence-electron chi connectivity index (χ1n) is 5.63. The third-order valence-corrected chi connectivity index (χ3v) is 4.05. The number of carboxylic acid groups (broad SMARTS) is 1. The second kappa shape index (κ2) is 5.72. The normalized spacial score (nSPS) is 18.7. The van der Waals surface area contributed by atoms with E-state index in [9.17, 15) is 19.1 Å². The van der Waals surface area contributed by atoms with Gasteiger partial charge < -0.3 is 9.90 Å². The van der Waals surface area contributed by atoms with Crippen molar-refractivity contribution in [1.29, 1.82) is 0 Å². The minimum atomic E-state index is -1.37. The third kappa shape index (κ3) is 2.88. The highest BCUT2D eigenvalue weighted by atomic mass is 32.2. The van der Waals surface area contributed by atoms with Crippen molar-refractivity contribution in [2.45, 2.75) is 13.0 Å². The molecule has 4 nitrogen and oxygen atoms in total. The Balaban J connectivity index is 2.28. The van der Waals surface area contributed by atoms with E-state index in [0.717, 1.165) is 16.7 Å². The zero-order chi connectivity index (χ0) is 14.9. The summed E-state index contributed by atoms with van der Waals surface area (Å²) >= 11 is 6.01. The van der Waals surface area contributed by atoms with Crippen molar-refractivity contribution in [2.24, 2.45) is 0 Å². The van der Waals surface area contributed by atoms with Crippen LogP contribution in [0.3, 0.4) is 0 Å². The van der Waals surface area contributed by atoms with Gasteiger partial charge in [-0.2, -0.15) is 0 Å². The van der Waals surface area contributed by atoms with Crippen LogP contribution < -0.4 is 5.11 Å². The van der Waals surface area contributed by atoms with Gasteiger partial charge in [-0.25, -0.2) is 4.39 Å². The average molecular weight is 310 g/mol. The number of thiocarbonyl (C=S) groups is 1. The number of benzene rings is 1. The van der Waals surface area contributed by atoms with E-state index in [0.29, 0.717) is 10.5 Å². The van der Waals surface area contributed by atoms with Crippen LogP contribution in [-0.4, -0.2) is 27.1 Å². The second-order valence-corrected chi connectivity index (χ2v) is 5.77. The van der Waals surface area contributed by atoms with Gasteiger partial charge in [0.15, 0.2) is 0 Å². The lowest BCUT2D eigenvalue weighted by Crippen LogP contribution is -2.48. The zero-order valence-corrected chi connectivity index (χ0v) is 12.0. The molecule has 1 amide bonds. The summed E-state index contributed by atoms with van der Waals surface area (Å²) in [7, 11) is 0. The highest BCUT2D eigenvalue weighted by molar-refractivity contribution is 8.26. The lowest BCUT2D eigenvalue weighted by Gasteiger charge is -2.23. The molecule has 104 valence electrons. The van der Waals surface area contributed by atoms with Crippen molar-refractivity contribution >= 4 is 46.3 Å². The Labute approximate surface area is 124 Å². The van der Waals surface area contributed by atoms with E-state index >= 15 is 0 Å². The van der Waals surface area contributed by atoms with Crippen LogP contribution in [0.4, 0.5) is 4.39 Å². The van der Waals surface area contributed by atoms with Gasteiger partial charge in [0.05, 0.1) is 16.9 Å². The van der Waals surface area contributed by atoms with Crippen molar-refractivity contribution in [3.05, 3.63) is 40.6 Å². The van der Waals surface area contributed by atoms with E-state index in [1.54, 1.807) is 6.08 Å². The summed E-state index contributed by atoms with van der Waals surface area (Å²) in [6, 6.07) is 4.46. The Morgan fingerprint density at radius 1 is 1.45 bits per heavy atom. The maximum atomic E-state index is 12.8. The summed E-state index contributed by atoms with van der Waals surface area (Å²) in [6.07, 6.45) is 1.54. The third-order valence-electron chi connectivity index (χ3n) is 2.72. The van der Waals surface area contributed by atoms with Crippen LogP contribution in [0.25, 0.3) is 6.08 Å². The number of nitrogens with zero attached hydrogens (tertiary/aromatic N) is 1. The van der Waals surface area contributed by atoms with Crippen molar-refractivity contribution in [2.75, 3.05) is 0 Å². The highest BCUT2D eigenvalue weighted by Gasteiger charge is 2.35. The van der Waals surface area contributed by atoms with Gasteiger partial charge in [-0.1, -0.05) is 36.1 Å². The molecule has 1 saturated heterocycles. The topological polar surface area (TPSA) is 60.4 Å². The minimum absolute atomic E-state index is 0.167. The molecule has 0 aromatic heterocycles. The maximum Gasteiger partial charge on any atom is 0.266 e. The first-order chi connectivity index (χ1) is 9.40. The molecule has 1 aromatic carbocycles. The first-order valence-corrected chi connectivity index (χ1v) is 6.86. The molecule has 20 heavy (non-hydrogen) atoms. The van der Waals surface area contributed by atoms with Gasteiger partial charge in [0.25, 0.3) is 5.91 Å². The quantitative estimate of drug-likeness (QED) is 0.619. The average Bonchev–Trinajstić information content (AvgIpc) is 2.66. The number of hydrogen-bond acceptors (Lipinski definition) is 5. The number of thioether (sulfide) groups is 1. The molecule has 7 heteroatoms. The van der Waals surface area contributed by atoms with Gasteiger partial charge in [0, 0.05) is 0 Å². The van der Waals surface area contributed by atoms with Crippen LogP contribution in [0, 0.1) is 5.82 Å². The van der Waals surface area contributed by atoms with E-state index in [2.05, 4.69) is 0 Å². The van der Waals surface area contributed by atoms with Crippen LogP contribution in [-0.2, 0) is 9.59 Å². The summed E-state index contributed by atoms with van der Waals surface area (Å²) < 4.78 is 13.0. The number of hydrogen-bond donors (Lipinski definition) is 0. The Hall–Kier alpha value is -1.73. The van der Waals surface area contributed by atoms with E-state index in [1.807, 2.05) is 0 Å². The maximum absolute atomic E-state index is 12.8. The molecule has 1 atom stereocenters. The summed E-state index contributed by atoms with van der Waals surface area (Å²) in [5.74, 6) is -2.23. The van der Waals surface area contributed by atoms with Gasteiger partial charge in [-0.3, -0.25) is 9.69 Å². The monoisotopic (exact) mass is 310 g/mol. The van der Waals surface area contributed by atoms with Crippen molar-refractivity contribution in [1.82, 2.24) is 4.90 Å². The second-order valence-electron chi connectivity index (χ2n) is 4.10. The predicted octanol–water partition coefficient (Wildman–Crippen LogP) is 1.17. The lowest BCUT2D eigenvalue weighted by molar-refractivity contribution is -0.309. The minimum Gasteiger partial charge on any atom is -0.548 e. The molecule has 0 N–H and O–H groups in total. The molecule has 1 aliphatic rings. The van der Waals surface area contributed by atoms with Crippen LogP contribution in [0.1, 0.15) is 12.5 Å². The van der Waals surface area contributed by atoms with Crippen LogP contribution in [0.15, 0.2) is 29.2 Å². The standard InChI is InChI=1S/C13H10FNO3S2/c1-7(12(17)18)15-11(16)10(20-13(15)19)6-8-2-4-9(14)5-3-8/h2-7H,1H3,(H,17,18)/p-1. The summed E-state index contributed by atoms with van der Waals surface area (Å²) in [5.41, 5.74) is 0.632. The molecule has 0 aliphatic carbocycles. The Kier molecular flexibility index (Phi) is 4.20. The number of aliphatic carboxylic acids is 1. The molecule has 0 radical (unpaired) electrons. The van der Waals surface area contributed by atoms with E-state index in [4.69, 9.17) is 12.2 Å². The molecular weight excluding hydrogens is 301 g/mol. The zero-order valence-electron chi connectivity index (χ0n) is 10.3. The molecule has 0 bridgehead atoms.